The van der Waals surface area contributed by atoms with Crippen molar-refractivity contribution < 1.29 is 13.8 Å². The molecule has 0 aliphatic carbocycles. The molecule has 0 bridgehead atoms. The van der Waals surface area contributed by atoms with Crippen LogP contribution in [0, 0.1) is 0 Å². The van der Waals surface area contributed by atoms with Crippen molar-refractivity contribution in [1.82, 2.24) is 9.80 Å². The zero-order valence-corrected chi connectivity index (χ0v) is 15.9. The number of nitrogens with zero attached hydrogens (tertiary/aromatic N) is 2. The van der Waals surface area contributed by atoms with E-state index in [9.17, 15) is 13.8 Å². The zero-order chi connectivity index (χ0) is 18.7. The number of hydrogen-bond acceptors (Lipinski definition) is 3. The van der Waals surface area contributed by atoms with E-state index in [1.165, 1.54) is 0 Å². The van der Waals surface area contributed by atoms with E-state index >= 15 is 0 Å². The van der Waals surface area contributed by atoms with Gasteiger partial charge < -0.3 is 9.80 Å². The van der Waals surface area contributed by atoms with Crippen molar-refractivity contribution in [2.24, 2.45) is 0 Å². The number of carbonyl (C=O) groups is 2. The molecule has 1 unspecified atom stereocenters. The van der Waals surface area contributed by atoms with Gasteiger partial charge in [-0.2, -0.15) is 0 Å². The highest BCUT2D eigenvalue weighted by Crippen LogP contribution is 2.16. The molecule has 3 rings (SSSR count). The maximum Gasteiger partial charge on any atom is 0.254 e. The highest BCUT2D eigenvalue weighted by molar-refractivity contribution is 7.84. The number of halogens is 1. The van der Waals surface area contributed by atoms with E-state index in [1.807, 2.05) is 0 Å². The van der Waals surface area contributed by atoms with Crippen LogP contribution in [0.25, 0.3) is 0 Å². The summed E-state index contributed by atoms with van der Waals surface area (Å²) in [5.74, 6) is -0.150. The van der Waals surface area contributed by atoms with Gasteiger partial charge in [0, 0.05) is 64.3 Å². The fourth-order valence-corrected chi connectivity index (χ4v) is 3.60. The lowest BCUT2D eigenvalue weighted by Crippen LogP contribution is -2.50. The minimum Gasteiger partial charge on any atom is -0.335 e. The quantitative estimate of drug-likeness (QED) is 0.809. The second-order valence-corrected chi connectivity index (χ2v) is 7.89. The molecule has 1 fully saturated rings. The normalized spacial score (nSPS) is 15.6. The molecule has 0 spiro atoms. The Kier molecular flexibility index (Phi) is 5.74. The first-order valence-electron chi connectivity index (χ1n) is 8.23. The first kappa shape index (κ1) is 18.6. The van der Waals surface area contributed by atoms with Crippen LogP contribution >= 0.6 is 11.6 Å². The second kappa shape index (κ2) is 8.01. The third-order valence-electron chi connectivity index (χ3n) is 4.36. The van der Waals surface area contributed by atoms with Crippen LogP contribution in [0.2, 0.25) is 5.02 Å². The highest BCUT2D eigenvalue weighted by Gasteiger charge is 2.25. The first-order chi connectivity index (χ1) is 12.5. The minimum atomic E-state index is -1.06. The summed E-state index contributed by atoms with van der Waals surface area (Å²) in [6.45, 7) is 1.92. The van der Waals surface area contributed by atoms with Gasteiger partial charge in [0.2, 0.25) is 0 Å². The Labute approximate surface area is 160 Å². The van der Waals surface area contributed by atoms with Crippen molar-refractivity contribution >= 4 is 34.2 Å². The van der Waals surface area contributed by atoms with E-state index in [1.54, 1.807) is 64.6 Å². The maximum atomic E-state index is 12.6. The third-order valence-corrected chi connectivity index (χ3v) is 5.53. The summed E-state index contributed by atoms with van der Waals surface area (Å²) in [6.07, 6.45) is 1.60. The predicted molar refractivity (Wildman–Crippen MR) is 102 cm³/mol. The highest BCUT2D eigenvalue weighted by atomic mass is 35.5. The van der Waals surface area contributed by atoms with Crippen LogP contribution in [0.3, 0.4) is 0 Å². The van der Waals surface area contributed by atoms with Gasteiger partial charge in [0.05, 0.1) is 0 Å². The van der Waals surface area contributed by atoms with Crippen molar-refractivity contribution in [1.29, 1.82) is 0 Å². The minimum absolute atomic E-state index is 0.0747. The van der Waals surface area contributed by atoms with Gasteiger partial charge in [-0.25, -0.2) is 0 Å². The Morgan fingerprint density at radius 1 is 0.885 bits per heavy atom. The van der Waals surface area contributed by atoms with E-state index < -0.39 is 10.8 Å². The average Bonchev–Trinajstić information content (AvgIpc) is 2.67. The first-order valence-corrected chi connectivity index (χ1v) is 10.2. The molecule has 2 aromatic rings. The van der Waals surface area contributed by atoms with Crippen LogP contribution in [0.15, 0.2) is 53.4 Å². The van der Waals surface area contributed by atoms with Crippen LogP contribution in [0.4, 0.5) is 0 Å². The summed E-state index contributed by atoms with van der Waals surface area (Å²) in [6, 6.07) is 13.7. The number of carbonyl (C=O) groups excluding carboxylic acids is 2. The van der Waals surface area contributed by atoms with Crippen LogP contribution in [-0.4, -0.2) is 58.3 Å². The van der Waals surface area contributed by atoms with E-state index in [-0.39, 0.29) is 11.8 Å². The fraction of sp³-hybridized carbons (Fsp3) is 0.263. The Balaban J connectivity index is 1.61. The van der Waals surface area contributed by atoms with Gasteiger partial charge >= 0.3 is 0 Å². The van der Waals surface area contributed by atoms with Gasteiger partial charge in [-0.3, -0.25) is 13.8 Å². The molecule has 1 atom stereocenters. The topological polar surface area (TPSA) is 57.7 Å². The molecule has 1 aliphatic heterocycles. The molecule has 7 heteroatoms. The number of piperazine rings is 1. The van der Waals surface area contributed by atoms with Gasteiger partial charge in [-0.15, -0.1) is 0 Å². The summed E-state index contributed by atoms with van der Waals surface area (Å²) in [5.41, 5.74) is 1.12. The number of rotatable bonds is 3. The Bertz CT molecular complexity index is 846. The lowest BCUT2D eigenvalue weighted by Gasteiger charge is -2.35. The lowest BCUT2D eigenvalue weighted by molar-refractivity contribution is 0.0535. The molecular formula is C19H19ClN2O3S. The predicted octanol–water partition coefficient (Wildman–Crippen LogP) is 2.68. The summed E-state index contributed by atoms with van der Waals surface area (Å²) in [4.78, 5) is 29.3. The van der Waals surface area contributed by atoms with Crippen LogP contribution in [0.5, 0.6) is 0 Å². The molecule has 0 saturated carbocycles. The van der Waals surface area contributed by atoms with Crippen molar-refractivity contribution in [3.8, 4) is 0 Å². The van der Waals surface area contributed by atoms with E-state index in [0.29, 0.717) is 47.2 Å². The molecule has 1 aliphatic rings. The molecule has 26 heavy (non-hydrogen) atoms. The van der Waals surface area contributed by atoms with Crippen LogP contribution in [-0.2, 0) is 10.8 Å². The lowest BCUT2D eigenvalue weighted by atomic mass is 10.1. The molecule has 0 aromatic heterocycles. The smallest absolute Gasteiger partial charge is 0.254 e. The average molecular weight is 391 g/mol. The van der Waals surface area contributed by atoms with Gasteiger partial charge in [-0.1, -0.05) is 17.7 Å². The van der Waals surface area contributed by atoms with E-state index in [4.69, 9.17) is 11.6 Å². The van der Waals surface area contributed by atoms with E-state index in [2.05, 4.69) is 0 Å². The van der Waals surface area contributed by atoms with Crippen LogP contribution in [0.1, 0.15) is 20.7 Å². The summed E-state index contributed by atoms with van der Waals surface area (Å²) in [7, 11) is -1.06. The largest absolute Gasteiger partial charge is 0.335 e. The Morgan fingerprint density at radius 2 is 1.42 bits per heavy atom. The SMILES string of the molecule is CS(=O)c1ccc(C(=O)N2CCN(C(=O)c3cccc(Cl)c3)CC2)cc1. The summed E-state index contributed by atoms with van der Waals surface area (Å²) in [5, 5.41) is 0.529. The molecular weight excluding hydrogens is 372 g/mol. The van der Waals surface area contributed by atoms with Crippen molar-refractivity contribution in [2.75, 3.05) is 32.4 Å². The Morgan fingerprint density at radius 3 is 1.92 bits per heavy atom. The molecule has 1 heterocycles. The number of benzene rings is 2. The summed E-state index contributed by atoms with van der Waals surface area (Å²) < 4.78 is 11.4. The van der Waals surface area contributed by atoms with Gasteiger partial charge in [0.25, 0.3) is 11.8 Å². The monoisotopic (exact) mass is 390 g/mol. The standard InChI is InChI=1S/C19H19ClN2O3S/c1-26(25)17-7-5-14(6-8-17)18(23)21-9-11-22(12-10-21)19(24)15-3-2-4-16(20)13-15/h2-8,13H,9-12H2,1H3. The van der Waals surface area contributed by atoms with Gasteiger partial charge in [0.15, 0.2) is 0 Å². The van der Waals surface area contributed by atoms with Gasteiger partial charge in [-0.05, 0) is 42.5 Å². The molecule has 0 N–H and O–H groups in total. The van der Waals surface area contributed by atoms with Crippen molar-refractivity contribution in [2.45, 2.75) is 4.90 Å². The fourth-order valence-electron chi connectivity index (χ4n) is 2.89. The second-order valence-electron chi connectivity index (χ2n) is 6.07. The van der Waals surface area contributed by atoms with Gasteiger partial charge in [0.1, 0.15) is 0 Å². The third kappa shape index (κ3) is 4.14. The van der Waals surface area contributed by atoms with E-state index in [0.717, 1.165) is 0 Å². The van der Waals surface area contributed by atoms with Crippen molar-refractivity contribution in [3.05, 3.63) is 64.7 Å². The zero-order valence-electron chi connectivity index (χ0n) is 14.4. The summed E-state index contributed by atoms with van der Waals surface area (Å²) >= 11 is 5.95. The number of hydrogen-bond donors (Lipinski definition) is 0. The van der Waals surface area contributed by atoms with Crippen molar-refractivity contribution in [3.63, 3.8) is 0 Å². The molecule has 2 aromatic carbocycles. The maximum absolute atomic E-state index is 12.6. The molecule has 136 valence electrons. The molecule has 0 radical (unpaired) electrons. The Hall–Kier alpha value is -2.18. The number of amides is 2. The molecule has 5 nitrogen and oxygen atoms in total. The van der Waals surface area contributed by atoms with Crippen LogP contribution < -0.4 is 0 Å². The molecule has 2 amide bonds. The molecule has 1 saturated heterocycles.